The molecule has 5 nitrogen and oxygen atoms in total. The molecule has 1 aromatic carbocycles. The predicted molar refractivity (Wildman–Crippen MR) is 106 cm³/mol. The molecule has 0 aliphatic rings. The van der Waals surface area contributed by atoms with Gasteiger partial charge < -0.3 is 9.73 Å². The maximum Gasteiger partial charge on any atom is 0.287 e. The molecule has 3 rings (SSSR count). The number of carbonyl (C=O) groups is 1. The first kappa shape index (κ1) is 19.2. The highest BCUT2D eigenvalue weighted by atomic mass is 35.5. The number of aromatic nitrogens is 2. The summed E-state index contributed by atoms with van der Waals surface area (Å²) in [6.07, 6.45) is 0.798. The fraction of sp³-hybridized carbons (Fsp3) is 0.333. The van der Waals surface area contributed by atoms with Gasteiger partial charge in [0.1, 0.15) is 5.76 Å². The molecule has 0 spiro atoms. The number of nitrogens with one attached hydrogen (secondary N) is 1. The van der Waals surface area contributed by atoms with E-state index in [4.69, 9.17) is 16.0 Å². The zero-order valence-electron chi connectivity index (χ0n) is 16.0. The van der Waals surface area contributed by atoms with Crippen molar-refractivity contribution in [2.75, 3.05) is 0 Å². The molecule has 27 heavy (non-hydrogen) atoms. The standard InChI is InChI=1S/C21H24ClN3O2/c1-5-18(16-8-6-13(2)7-9-16)23-21(26)19-11-10-17(27-19)12-25-15(4)20(22)14(3)24-25/h6-11,18H,5,12H2,1-4H3,(H,23,26). The molecule has 2 aromatic heterocycles. The Balaban J connectivity index is 1.70. The van der Waals surface area contributed by atoms with Crippen molar-refractivity contribution in [3.8, 4) is 0 Å². The van der Waals surface area contributed by atoms with Gasteiger partial charge in [0.05, 0.1) is 29.0 Å². The van der Waals surface area contributed by atoms with Crippen molar-refractivity contribution in [2.45, 2.75) is 46.7 Å². The fourth-order valence-electron chi connectivity index (χ4n) is 3.01. The topological polar surface area (TPSA) is 60.1 Å². The number of furan rings is 1. The highest BCUT2D eigenvalue weighted by Gasteiger charge is 2.18. The number of rotatable bonds is 6. The highest BCUT2D eigenvalue weighted by Crippen LogP contribution is 2.21. The van der Waals surface area contributed by atoms with E-state index in [2.05, 4.69) is 22.5 Å². The Kier molecular flexibility index (Phi) is 5.71. The second-order valence-electron chi connectivity index (χ2n) is 6.75. The minimum Gasteiger partial charge on any atom is -0.454 e. The molecule has 0 saturated heterocycles. The van der Waals surface area contributed by atoms with Crippen LogP contribution in [0.15, 0.2) is 40.8 Å². The largest absolute Gasteiger partial charge is 0.454 e. The molecule has 1 amide bonds. The van der Waals surface area contributed by atoms with E-state index in [0.29, 0.717) is 23.1 Å². The van der Waals surface area contributed by atoms with Crippen LogP contribution in [0.2, 0.25) is 5.02 Å². The van der Waals surface area contributed by atoms with E-state index >= 15 is 0 Å². The summed E-state index contributed by atoms with van der Waals surface area (Å²) in [4.78, 5) is 12.6. The Hall–Kier alpha value is -2.53. The van der Waals surface area contributed by atoms with Crippen LogP contribution in [-0.4, -0.2) is 15.7 Å². The first-order valence-corrected chi connectivity index (χ1v) is 9.42. The third-order valence-electron chi connectivity index (χ3n) is 4.68. The summed E-state index contributed by atoms with van der Waals surface area (Å²) in [5.41, 5.74) is 3.94. The van der Waals surface area contributed by atoms with E-state index in [1.165, 1.54) is 5.56 Å². The second kappa shape index (κ2) is 8.01. The van der Waals surface area contributed by atoms with Crippen LogP contribution in [0.1, 0.15) is 58.2 Å². The molecule has 0 saturated carbocycles. The number of nitrogens with zero attached hydrogens (tertiary/aromatic N) is 2. The normalized spacial score (nSPS) is 12.2. The molecule has 1 unspecified atom stereocenters. The van der Waals surface area contributed by atoms with Gasteiger partial charge in [-0.3, -0.25) is 9.48 Å². The average molecular weight is 386 g/mol. The minimum atomic E-state index is -0.222. The van der Waals surface area contributed by atoms with Crippen molar-refractivity contribution in [1.29, 1.82) is 0 Å². The van der Waals surface area contributed by atoms with E-state index in [1.807, 2.05) is 39.8 Å². The first-order valence-electron chi connectivity index (χ1n) is 9.04. The van der Waals surface area contributed by atoms with Crippen LogP contribution in [-0.2, 0) is 6.54 Å². The number of aryl methyl sites for hydroxylation is 2. The minimum absolute atomic E-state index is 0.0542. The van der Waals surface area contributed by atoms with Gasteiger partial charge in [-0.1, -0.05) is 48.4 Å². The second-order valence-corrected chi connectivity index (χ2v) is 7.13. The fourth-order valence-corrected chi connectivity index (χ4v) is 3.15. The lowest BCUT2D eigenvalue weighted by Gasteiger charge is -2.17. The summed E-state index contributed by atoms with van der Waals surface area (Å²) in [5, 5.41) is 8.09. The Morgan fingerprint density at radius 2 is 1.89 bits per heavy atom. The molecule has 6 heteroatoms. The number of amides is 1. The van der Waals surface area contributed by atoms with Crippen LogP contribution in [0, 0.1) is 20.8 Å². The monoisotopic (exact) mass is 385 g/mol. The Morgan fingerprint density at radius 3 is 2.48 bits per heavy atom. The summed E-state index contributed by atoms with van der Waals surface area (Å²) in [5.74, 6) is 0.731. The number of hydrogen-bond donors (Lipinski definition) is 1. The Labute approximate surface area is 164 Å². The van der Waals surface area contributed by atoms with Gasteiger partial charge in [0, 0.05) is 0 Å². The predicted octanol–water partition coefficient (Wildman–Crippen LogP) is 4.98. The molecule has 0 bridgehead atoms. The first-order chi connectivity index (χ1) is 12.9. The van der Waals surface area contributed by atoms with Gasteiger partial charge in [-0.2, -0.15) is 5.10 Å². The van der Waals surface area contributed by atoms with E-state index < -0.39 is 0 Å². The number of hydrogen-bond acceptors (Lipinski definition) is 3. The molecule has 2 heterocycles. The SMILES string of the molecule is CCC(NC(=O)c1ccc(Cn2nc(C)c(Cl)c2C)o1)c1ccc(C)cc1. The van der Waals surface area contributed by atoms with Crippen LogP contribution in [0.5, 0.6) is 0 Å². The van der Waals surface area contributed by atoms with Crippen molar-refractivity contribution in [1.82, 2.24) is 15.1 Å². The van der Waals surface area contributed by atoms with Gasteiger partial charge in [0.15, 0.2) is 5.76 Å². The number of benzene rings is 1. The van der Waals surface area contributed by atoms with Gasteiger partial charge in [0.25, 0.3) is 5.91 Å². The molecule has 3 aromatic rings. The molecular formula is C21H24ClN3O2. The van der Waals surface area contributed by atoms with Crippen molar-refractivity contribution in [2.24, 2.45) is 0 Å². The van der Waals surface area contributed by atoms with Gasteiger partial charge in [-0.05, 0) is 44.9 Å². The van der Waals surface area contributed by atoms with E-state index in [-0.39, 0.29) is 11.9 Å². The van der Waals surface area contributed by atoms with Gasteiger partial charge in [-0.25, -0.2) is 0 Å². The lowest BCUT2D eigenvalue weighted by molar-refractivity contribution is 0.0905. The van der Waals surface area contributed by atoms with E-state index in [9.17, 15) is 4.79 Å². The van der Waals surface area contributed by atoms with Crippen LogP contribution >= 0.6 is 11.6 Å². The summed E-state index contributed by atoms with van der Waals surface area (Å²) in [6, 6.07) is 11.6. The Morgan fingerprint density at radius 1 is 1.19 bits per heavy atom. The van der Waals surface area contributed by atoms with Crippen LogP contribution in [0.3, 0.4) is 0 Å². The van der Waals surface area contributed by atoms with Gasteiger partial charge >= 0.3 is 0 Å². The van der Waals surface area contributed by atoms with Crippen molar-refractivity contribution >= 4 is 17.5 Å². The molecule has 0 radical (unpaired) electrons. The molecule has 0 aliphatic carbocycles. The molecule has 1 atom stereocenters. The van der Waals surface area contributed by atoms with E-state index in [0.717, 1.165) is 23.4 Å². The quantitative estimate of drug-likeness (QED) is 0.650. The van der Waals surface area contributed by atoms with Crippen LogP contribution < -0.4 is 5.32 Å². The Bertz CT molecular complexity index is 941. The summed E-state index contributed by atoms with van der Waals surface area (Å²) in [7, 11) is 0. The zero-order valence-corrected chi connectivity index (χ0v) is 16.8. The van der Waals surface area contributed by atoms with Crippen molar-refractivity contribution < 1.29 is 9.21 Å². The lowest BCUT2D eigenvalue weighted by atomic mass is 10.0. The lowest BCUT2D eigenvalue weighted by Crippen LogP contribution is -2.27. The molecular weight excluding hydrogens is 362 g/mol. The van der Waals surface area contributed by atoms with Crippen LogP contribution in [0.4, 0.5) is 0 Å². The summed E-state index contributed by atoms with van der Waals surface area (Å²) < 4.78 is 7.52. The molecule has 0 fully saturated rings. The maximum absolute atomic E-state index is 12.6. The maximum atomic E-state index is 12.6. The van der Waals surface area contributed by atoms with Gasteiger partial charge in [0.2, 0.25) is 0 Å². The van der Waals surface area contributed by atoms with E-state index in [1.54, 1.807) is 16.8 Å². The van der Waals surface area contributed by atoms with Crippen LogP contribution in [0.25, 0.3) is 0 Å². The molecule has 0 aliphatic heterocycles. The molecule has 142 valence electrons. The van der Waals surface area contributed by atoms with Crippen molar-refractivity contribution in [3.05, 3.63) is 75.5 Å². The van der Waals surface area contributed by atoms with Crippen molar-refractivity contribution in [3.63, 3.8) is 0 Å². The highest BCUT2D eigenvalue weighted by molar-refractivity contribution is 6.31. The average Bonchev–Trinajstić information content (AvgIpc) is 3.22. The number of halogens is 1. The third-order valence-corrected chi connectivity index (χ3v) is 5.22. The third kappa shape index (κ3) is 4.25. The zero-order chi connectivity index (χ0) is 19.6. The summed E-state index contributed by atoms with van der Waals surface area (Å²) in [6.45, 7) is 8.30. The molecule has 1 N–H and O–H groups in total. The smallest absolute Gasteiger partial charge is 0.287 e. The summed E-state index contributed by atoms with van der Waals surface area (Å²) >= 11 is 6.18. The number of carbonyl (C=O) groups excluding carboxylic acids is 1. The van der Waals surface area contributed by atoms with Gasteiger partial charge in [-0.15, -0.1) is 0 Å².